The third kappa shape index (κ3) is 2.42. The number of hydrogen-bond donors (Lipinski definition) is 1. The van der Waals surface area contributed by atoms with E-state index in [1.807, 2.05) is 0 Å². The first-order chi connectivity index (χ1) is 7.66. The van der Waals surface area contributed by atoms with Crippen LogP contribution < -0.4 is 5.32 Å². The monoisotopic (exact) mass is 298 g/mol. The normalized spacial score (nSPS) is 10.1. The maximum absolute atomic E-state index is 11.8. The molecule has 2 rings (SSSR count). The smallest absolute Gasteiger partial charge is 0.260 e. The van der Waals surface area contributed by atoms with Gasteiger partial charge in [-0.3, -0.25) is 10.1 Å². The average Bonchev–Trinajstić information content (AvgIpc) is 2.64. The quantitative estimate of drug-likeness (QED) is 0.864. The topological polar surface area (TPSA) is 67.8 Å². The summed E-state index contributed by atoms with van der Waals surface area (Å²) in [6.07, 6.45) is 1.61. The molecule has 2 heterocycles. The van der Waals surface area contributed by atoms with Gasteiger partial charge in [-0.25, -0.2) is 9.97 Å². The summed E-state index contributed by atoms with van der Waals surface area (Å²) in [6, 6.07) is 3.38. The molecule has 1 amide bonds. The van der Waals surface area contributed by atoms with E-state index in [0.717, 1.165) is 11.5 Å². The minimum atomic E-state index is -0.254. The molecule has 2 aromatic rings. The highest BCUT2D eigenvalue weighted by Crippen LogP contribution is 2.16. The van der Waals surface area contributed by atoms with E-state index in [1.165, 1.54) is 0 Å². The second-order valence-electron chi connectivity index (χ2n) is 2.94. The molecule has 0 bridgehead atoms. The Morgan fingerprint density at radius 1 is 1.56 bits per heavy atom. The summed E-state index contributed by atoms with van der Waals surface area (Å²) in [4.78, 5) is 19.8. The Bertz CT molecular complexity index is 528. The van der Waals surface area contributed by atoms with Crippen molar-refractivity contribution >= 4 is 38.5 Å². The zero-order valence-corrected chi connectivity index (χ0v) is 10.7. The summed E-state index contributed by atoms with van der Waals surface area (Å²) < 4.78 is 4.48. The van der Waals surface area contributed by atoms with Crippen molar-refractivity contribution in [1.29, 1.82) is 0 Å². The van der Waals surface area contributed by atoms with Crippen LogP contribution in [0.4, 0.5) is 5.13 Å². The van der Waals surface area contributed by atoms with E-state index in [4.69, 9.17) is 0 Å². The summed E-state index contributed by atoms with van der Waals surface area (Å²) in [6.45, 7) is 1.77. The highest BCUT2D eigenvalue weighted by atomic mass is 79.9. The van der Waals surface area contributed by atoms with Crippen LogP contribution in [0.15, 0.2) is 22.9 Å². The fraction of sp³-hybridized carbons (Fsp3) is 0.111. The Hall–Kier alpha value is -1.34. The van der Waals surface area contributed by atoms with Crippen LogP contribution in [0.2, 0.25) is 0 Å². The average molecular weight is 299 g/mol. The van der Waals surface area contributed by atoms with Gasteiger partial charge in [-0.1, -0.05) is 0 Å². The Labute approximate surface area is 104 Å². The lowest BCUT2D eigenvalue weighted by molar-refractivity contribution is 0.102. The van der Waals surface area contributed by atoms with Gasteiger partial charge in [0.2, 0.25) is 5.13 Å². The van der Waals surface area contributed by atoms with Crippen molar-refractivity contribution in [3.8, 4) is 0 Å². The van der Waals surface area contributed by atoms with Crippen molar-refractivity contribution in [3.63, 3.8) is 0 Å². The third-order valence-corrected chi connectivity index (χ3v) is 3.11. The first-order valence-electron chi connectivity index (χ1n) is 4.39. The number of aryl methyl sites for hydroxylation is 1. The predicted molar refractivity (Wildman–Crippen MR) is 64.5 cm³/mol. The Balaban J connectivity index is 2.18. The molecule has 16 heavy (non-hydrogen) atoms. The van der Waals surface area contributed by atoms with E-state index < -0.39 is 0 Å². The second kappa shape index (κ2) is 4.67. The first-order valence-corrected chi connectivity index (χ1v) is 5.95. The van der Waals surface area contributed by atoms with Gasteiger partial charge in [0.05, 0.1) is 5.56 Å². The van der Waals surface area contributed by atoms with Crippen molar-refractivity contribution in [3.05, 3.63) is 34.3 Å². The van der Waals surface area contributed by atoms with Gasteiger partial charge < -0.3 is 0 Å². The molecule has 5 nitrogen and oxygen atoms in total. The fourth-order valence-electron chi connectivity index (χ4n) is 1.07. The summed E-state index contributed by atoms with van der Waals surface area (Å²) in [5.41, 5.74) is 0.468. The number of halogens is 1. The van der Waals surface area contributed by atoms with E-state index in [9.17, 15) is 4.79 Å². The zero-order chi connectivity index (χ0) is 11.5. The Morgan fingerprint density at radius 2 is 2.38 bits per heavy atom. The largest absolute Gasteiger partial charge is 0.297 e. The fourth-order valence-corrected chi connectivity index (χ4v) is 2.07. The molecule has 0 saturated carbocycles. The molecule has 0 saturated heterocycles. The zero-order valence-electron chi connectivity index (χ0n) is 8.27. The molecule has 0 radical (unpaired) electrons. The molecule has 0 fully saturated rings. The van der Waals surface area contributed by atoms with Gasteiger partial charge in [0, 0.05) is 17.7 Å². The number of anilines is 1. The molecule has 0 aliphatic heterocycles. The van der Waals surface area contributed by atoms with Gasteiger partial charge in [0.15, 0.2) is 0 Å². The predicted octanol–water partition coefficient (Wildman–Crippen LogP) is 2.26. The SMILES string of the molecule is Cc1nsc(NC(=O)c2cccnc2Br)n1. The van der Waals surface area contributed by atoms with E-state index in [0.29, 0.717) is 21.1 Å². The third-order valence-electron chi connectivity index (χ3n) is 1.75. The van der Waals surface area contributed by atoms with E-state index in [-0.39, 0.29) is 5.91 Å². The van der Waals surface area contributed by atoms with Gasteiger partial charge in [-0.05, 0) is 35.0 Å². The van der Waals surface area contributed by atoms with Crippen molar-refractivity contribution in [2.75, 3.05) is 5.32 Å². The van der Waals surface area contributed by atoms with Crippen molar-refractivity contribution in [1.82, 2.24) is 14.3 Å². The number of carbonyl (C=O) groups excluding carboxylic acids is 1. The van der Waals surface area contributed by atoms with Crippen molar-refractivity contribution in [2.45, 2.75) is 6.92 Å². The molecular weight excluding hydrogens is 292 g/mol. The molecule has 0 spiro atoms. The lowest BCUT2D eigenvalue weighted by Gasteiger charge is -2.01. The van der Waals surface area contributed by atoms with Gasteiger partial charge in [0.25, 0.3) is 5.91 Å². The number of nitrogens with one attached hydrogen (secondary N) is 1. The highest BCUT2D eigenvalue weighted by Gasteiger charge is 2.12. The van der Waals surface area contributed by atoms with E-state index >= 15 is 0 Å². The van der Waals surface area contributed by atoms with Crippen LogP contribution in [0.3, 0.4) is 0 Å². The lowest BCUT2D eigenvalue weighted by Crippen LogP contribution is -2.12. The standard InChI is InChI=1S/C9H7BrN4OS/c1-5-12-9(16-14-5)13-8(15)6-3-2-4-11-7(6)10/h2-4H,1H3,(H,12,13,14,15). The van der Waals surface area contributed by atoms with E-state index in [2.05, 4.69) is 35.6 Å². The van der Waals surface area contributed by atoms with Crippen LogP contribution in [0.1, 0.15) is 16.2 Å². The Morgan fingerprint density at radius 3 is 3.00 bits per heavy atom. The van der Waals surface area contributed by atoms with Gasteiger partial charge in [0.1, 0.15) is 10.4 Å². The molecular formula is C9H7BrN4OS. The highest BCUT2D eigenvalue weighted by molar-refractivity contribution is 9.10. The van der Waals surface area contributed by atoms with Gasteiger partial charge >= 0.3 is 0 Å². The number of hydrogen-bond acceptors (Lipinski definition) is 5. The van der Waals surface area contributed by atoms with Crippen LogP contribution in [0, 0.1) is 6.92 Å². The van der Waals surface area contributed by atoms with Gasteiger partial charge in [-0.2, -0.15) is 4.37 Å². The molecule has 2 aromatic heterocycles. The summed E-state index contributed by atoms with van der Waals surface area (Å²) in [5.74, 6) is 0.390. The number of aromatic nitrogens is 3. The maximum atomic E-state index is 11.8. The van der Waals surface area contributed by atoms with Crippen LogP contribution in [-0.4, -0.2) is 20.2 Å². The first kappa shape index (κ1) is 11.2. The molecule has 1 N–H and O–H groups in total. The number of rotatable bonds is 2. The van der Waals surface area contributed by atoms with Gasteiger partial charge in [-0.15, -0.1) is 0 Å². The minimum Gasteiger partial charge on any atom is -0.297 e. The van der Waals surface area contributed by atoms with Crippen molar-refractivity contribution < 1.29 is 4.79 Å². The number of pyridine rings is 1. The molecule has 0 aliphatic carbocycles. The molecule has 0 atom stereocenters. The van der Waals surface area contributed by atoms with Crippen LogP contribution in [0.5, 0.6) is 0 Å². The second-order valence-corrected chi connectivity index (χ2v) is 4.45. The molecule has 0 aromatic carbocycles. The maximum Gasteiger partial charge on any atom is 0.260 e. The molecule has 0 unspecified atom stereocenters. The van der Waals surface area contributed by atoms with Crippen LogP contribution in [-0.2, 0) is 0 Å². The lowest BCUT2D eigenvalue weighted by atomic mass is 10.3. The number of amides is 1. The number of carbonyl (C=O) groups is 1. The molecule has 82 valence electrons. The molecule has 0 aliphatic rings. The minimum absolute atomic E-state index is 0.254. The summed E-state index contributed by atoms with van der Waals surface area (Å²) in [5, 5.41) is 3.14. The Kier molecular flexibility index (Phi) is 3.25. The molecule has 7 heteroatoms. The van der Waals surface area contributed by atoms with Crippen LogP contribution >= 0.6 is 27.5 Å². The van der Waals surface area contributed by atoms with E-state index in [1.54, 1.807) is 25.3 Å². The van der Waals surface area contributed by atoms with Crippen LogP contribution in [0.25, 0.3) is 0 Å². The summed E-state index contributed by atoms with van der Waals surface area (Å²) in [7, 11) is 0. The summed E-state index contributed by atoms with van der Waals surface area (Å²) >= 11 is 4.36. The van der Waals surface area contributed by atoms with Crippen molar-refractivity contribution in [2.24, 2.45) is 0 Å². The number of nitrogens with zero attached hydrogens (tertiary/aromatic N) is 3.